The molecular weight excluding hydrogens is 407 g/mol. The van der Waals surface area contributed by atoms with Crippen LogP contribution in [-0.2, 0) is 10.1 Å². The molecule has 0 heterocycles. The zero-order valence-corrected chi connectivity index (χ0v) is 23.2. The largest absolute Gasteiger partial charge is 1.00 e. The molecule has 2 atom stereocenters. The smallest absolute Gasteiger partial charge is 0.748 e. The molecule has 1 N–H and O–H groups in total. The van der Waals surface area contributed by atoms with Crippen molar-refractivity contribution in [2.75, 3.05) is 0 Å². The third-order valence-corrected chi connectivity index (χ3v) is 7.45. The SMILES string of the molecule is CCCCCCCC(O)CCCCCCCCCCCCCC(CC)S(=O)(=O)[O-].[Na+]. The minimum absolute atomic E-state index is 0. The molecule has 176 valence electrons. The average Bonchev–Trinajstić information content (AvgIpc) is 2.67. The maximum Gasteiger partial charge on any atom is 1.00 e. The molecule has 0 aliphatic rings. The van der Waals surface area contributed by atoms with Crippen molar-refractivity contribution in [2.45, 2.75) is 154 Å². The van der Waals surface area contributed by atoms with Gasteiger partial charge in [0.1, 0.15) is 0 Å². The number of unbranched alkanes of at least 4 members (excludes halogenated alkanes) is 14. The van der Waals surface area contributed by atoms with Crippen LogP contribution in [0.3, 0.4) is 0 Å². The van der Waals surface area contributed by atoms with Crippen LogP contribution in [0.2, 0.25) is 0 Å². The summed E-state index contributed by atoms with van der Waals surface area (Å²) in [6.07, 6.45) is 22.3. The summed E-state index contributed by atoms with van der Waals surface area (Å²) < 4.78 is 33.1. The van der Waals surface area contributed by atoms with Crippen molar-refractivity contribution in [1.82, 2.24) is 0 Å². The molecule has 0 fully saturated rings. The number of aliphatic hydroxyl groups is 1. The van der Waals surface area contributed by atoms with Gasteiger partial charge in [-0.3, -0.25) is 0 Å². The Labute approximate surface area is 210 Å². The van der Waals surface area contributed by atoms with Crippen molar-refractivity contribution >= 4 is 10.1 Å². The number of hydrogen-bond acceptors (Lipinski definition) is 4. The summed E-state index contributed by atoms with van der Waals surface area (Å²) in [6.45, 7) is 4.01. The molecule has 0 aromatic heterocycles. The molecule has 0 saturated heterocycles. The van der Waals surface area contributed by atoms with Crippen LogP contribution in [0, 0.1) is 0 Å². The van der Waals surface area contributed by atoms with E-state index in [1.165, 1.54) is 77.0 Å². The fourth-order valence-corrected chi connectivity index (χ4v) is 4.89. The molecular formula is C24H49NaO4S. The standard InChI is InChI=1S/C24H50O4S.Na/c1-3-5-6-14-17-20-23(25)21-18-15-12-10-8-7-9-11-13-16-19-22-24(4-2)29(26,27)28;/h23-25H,3-22H2,1-2H3,(H,26,27,28);/q;+1/p-1. The van der Waals surface area contributed by atoms with Crippen molar-refractivity contribution < 1.29 is 47.6 Å². The van der Waals surface area contributed by atoms with Gasteiger partial charge in [0.05, 0.1) is 16.2 Å². The van der Waals surface area contributed by atoms with Crippen molar-refractivity contribution in [2.24, 2.45) is 0 Å². The predicted molar refractivity (Wildman–Crippen MR) is 123 cm³/mol. The van der Waals surface area contributed by atoms with Gasteiger partial charge in [-0.1, -0.05) is 117 Å². The van der Waals surface area contributed by atoms with E-state index >= 15 is 0 Å². The summed E-state index contributed by atoms with van der Waals surface area (Å²) in [7, 11) is -4.11. The Morgan fingerprint density at radius 3 is 1.30 bits per heavy atom. The first-order valence-corrected chi connectivity index (χ1v) is 14.0. The minimum Gasteiger partial charge on any atom is -0.748 e. The zero-order chi connectivity index (χ0) is 21.8. The Balaban J connectivity index is 0. The third-order valence-electron chi connectivity index (χ3n) is 6.07. The molecule has 0 aromatic rings. The van der Waals surface area contributed by atoms with E-state index in [0.29, 0.717) is 12.8 Å². The average molecular weight is 457 g/mol. The first-order valence-electron chi connectivity index (χ1n) is 12.5. The van der Waals surface area contributed by atoms with Crippen molar-refractivity contribution in [3.8, 4) is 0 Å². The van der Waals surface area contributed by atoms with Gasteiger partial charge >= 0.3 is 29.6 Å². The molecule has 30 heavy (non-hydrogen) atoms. The van der Waals surface area contributed by atoms with Crippen LogP contribution in [0.15, 0.2) is 0 Å². The number of aliphatic hydroxyl groups excluding tert-OH is 1. The van der Waals surface area contributed by atoms with E-state index in [2.05, 4.69) is 6.92 Å². The van der Waals surface area contributed by atoms with Gasteiger partial charge in [-0.25, -0.2) is 8.42 Å². The van der Waals surface area contributed by atoms with Crippen LogP contribution in [0.25, 0.3) is 0 Å². The second-order valence-corrected chi connectivity index (χ2v) is 10.5. The molecule has 0 rings (SSSR count). The molecule has 0 aliphatic carbocycles. The van der Waals surface area contributed by atoms with Gasteiger partial charge in [0.2, 0.25) is 0 Å². The number of hydrogen-bond donors (Lipinski definition) is 1. The van der Waals surface area contributed by atoms with Gasteiger partial charge in [-0.05, 0) is 25.7 Å². The van der Waals surface area contributed by atoms with Gasteiger partial charge in [0.15, 0.2) is 0 Å². The van der Waals surface area contributed by atoms with Crippen molar-refractivity contribution in [3.63, 3.8) is 0 Å². The van der Waals surface area contributed by atoms with E-state index in [1.807, 2.05) is 0 Å². The Bertz CT molecular complexity index is 442. The van der Waals surface area contributed by atoms with Crippen LogP contribution < -0.4 is 29.6 Å². The van der Waals surface area contributed by atoms with Crippen molar-refractivity contribution in [3.05, 3.63) is 0 Å². The summed E-state index contributed by atoms with van der Waals surface area (Å²) in [5, 5.41) is 9.32. The molecule has 0 spiro atoms. The van der Waals surface area contributed by atoms with E-state index in [-0.39, 0.29) is 35.7 Å². The molecule has 0 aromatic carbocycles. The second kappa shape index (κ2) is 23.0. The first-order chi connectivity index (χ1) is 13.9. The molecule has 0 amide bonds. The van der Waals surface area contributed by atoms with E-state index in [1.54, 1.807) is 6.92 Å². The minimum atomic E-state index is -4.11. The molecule has 0 bridgehead atoms. The molecule has 4 nitrogen and oxygen atoms in total. The Morgan fingerprint density at radius 1 is 0.633 bits per heavy atom. The van der Waals surface area contributed by atoms with Crippen LogP contribution in [0.1, 0.15) is 142 Å². The van der Waals surface area contributed by atoms with Crippen LogP contribution >= 0.6 is 0 Å². The Hall–Kier alpha value is 0.870. The maximum atomic E-state index is 11.0. The summed E-state index contributed by atoms with van der Waals surface area (Å²) in [5.41, 5.74) is 0. The Kier molecular flexibility index (Phi) is 25.4. The summed E-state index contributed by atoms with van der Waals surface area (Å²) >= 11 is 0. The van der Waals surface area contributed by atoms with Gasteiger partial charge in [-0.2, -0.15) is 0 Å². The van der Waals surface area contributed by atoms with Gasteiger partial charge in [0, 0.05) is 5.25 Å². The Morgan fingerprint density at radius 2 is 0.967 bits per heavy atom. The van der Waals surface area contributed by atoms with E-state index in [4.69, 9.17) is 0 Å². The third kappa shape index (κ3) is 22.1. The molecule has 2 unspecified atom stereocenters. The molecule has 0 saturated carbocycles. The fourth-order valence-electron chi connectivity index (χ4n) is 4.02. The normalized spacial score (nSPS) is 13.7. The van der Waals surface area contributed by atoms with Crippen LogP contribution in [-0.4, -0.2) is 29.4 Å². The topological polar surface area (TPSA) is 77.4 Å². The summed E-state index contributed by atoms with van der Waals surface area (Å²) in [6, 6.07) is 0. The maximum absolute atomic E-state index is 11.0. The molecule has 6 heteroatoms. The predicted octanol–water partition coefficient (Wildman–Crippen LogP) is 4.11. The summed E-state index contributed by atoms with van der Waals surface area (Å²) in [5.74, 6) is 0. The van der Waals surface area contributed by atoms with Gasteiger partial charge in [0.25, 0.3) is 0 Å². The van der Waals surface area contributed by atoms with E-state index in [9.17, 15) is 18.1 Å². The monoisotopic (exact) mass is 456 g/mol. The van der Waals surface area contributed by atoms with E-state index < -0.39 is 15.4 Å². The van der Waals surface area contributed by atoms with Crippen molar-refractivity contribution in [1.29, 1.82) is 0 Å². The number of rotatable bonds is 22. The molecule has 0 aliphatic heterocycles. The van der Waals surface area contributed by atoms with Crippen LogP contribution in [0.5, 0.6) is 0 Å². The zero-order valence-electron chi connectivity index (χ0n) is 20.4. The van der Waals surface area contributed by atoms with Gasteiger partial charge in [-0.15, -0.1) is 0 Å². The fraction of sp³-hybridized carbons (Fsp3) is 1.00. The molecule has 0 radical (unpaired) electrons. The van der Waals surface area contributed by atoms with Gasteiger partial charge < -0.3 is 9.66 Å². The quantitative estimate of drug-likeness (QED) is 0.151. The first kappa shape index (κ1) is 33.0. The second-order valence-electron chi connectivity index (χ2n) is 8.85. The van der Waals surface area contributed by atoms with E-state index in [0.717, 1.165) is 38.5 Å². The summed E-state index contributed by atoms with van der Waals surface area (Å²) in [4.78, 5) is 0. The van der Waals surface area contributed by atoms with Crippen LogP contribution in [0.4, 0.5) is 0 Å².